The molecule has 0 aliphatic rings. The van der Waals surface area contributed by atoms with Crippen LogP contribution in [0.3, 0.4) is 0 Å². The minimum atomic E-state index is 0. The number of ether oxygens (including phenoxy) is 1. The van der Waals surface area contributed by atoms with Crippen LogP contribution in [0.2, 0.25) is 0 Å². The van der Waals surface area contributed by atoms with Crippen LogP contribution in [0.15, 0.2) is 78.9 Å². The van der Waals surface area contributed by atoms with E-state index in [0.717, 1.165) is 29.8 Å². The lowest BCUT2D eigenvalue weighted by Crippen LogP contribution is -2.15. The summed E-state index contributed by atoms with van der Waals surface area (Å²) in [5.41, 5.74) is 5.88. The zero-order valence-electron chi connectivity index (χ0n) is 16.5. The van der Waals surface area contributed by atoms with Crippen LogP contribution in [0.4, 0.5) is 0 Å². The van der Waals surface area contributed by atoms with Crippen LogP contribution >= 0.6 is 0 Å². The third-order valence-corrected chi connectivity index (χ3v) is 4.70. The number of rotatable bonds is 8. The van der Waals surface area contributed by atoms with E-state index in [2.05, 4.69) is 48.6 Å². The van der Waals surface area contributed by atoms with Gasteiger partial charge in [0.1, 0.15) is 18.1 Å². The van der Waals surface area contributed by atoms with Gasteiger partial charge < -0.3 is 15.2 Å². The summed E-state index contributed by atoms with van der Waals surface area (Å²) in [4.78, 5) is 0. The number of benzene rings is 3. The first-order chi connectivity index (χ1) is 13.7. The lowest BCUT2D eigenvalue weighted by molar-refractivity contribution is 0.318. The predicted octanol–water partition coefficient (Wildman–Crippen LogP) is 6.00. The van der Waals surface area contributed by atoms with Gasteiger partial charge in [0.15, 0.2) is 0 Å². The molecule has 0 aromatic heterocycles. The Kier molecular flexibility index (Phi) is 8.50. The maximum absolute atomic E-state index is 9.72. The first kappa shape index (κ1) is 22.3. The summed E-state index contributed by atoms with van der Waals surface area (Å²) in [5.74, 6) is 1.14. The monoisotopic (exact) mass is 389 g/mol. The summed E-state index contributed by atoms with van der Waals surface area (Å²) in [6, 6.07) is 26.1. The maximum atomic E-state index is 9.72. The van der Waals surface area contributed by atoms with E-state index in [-0.39, 0.29) is 13.2 Å². The smallest absolute Gasteiger partial charge is 0.119 e. The van der Waals surface area contributed by atoms with Crippen LogP contribution in [-0.2, 0) is 0 Å². The molecule has 2 N–H and O–H groups in total. The van der Waals surface area contributed by atoms with Crippen molar-refractivity contribution in [2.45, 2.75) is 20.8 Å². The van der Waals surface area contributed by atoms with Crippen LogP contribution in [0, 0.1) is 0 Å². The number of nitrogens with one attached hydrogen (secondary N) is 1. The summed E-state index contributed by atoms with van der Waals surface area (Å²) in [5, 5.41) is 12.8. The minimum Gasteiger partial charge on any atom is -0.508 e. The molecule has 0 fully saturated rings. The number of likely N-dealkylation sites (N-methyl/N-ethyl adjacent to an activating group) is 1. The largest absolute Gasteiger partial charge is 0.508 e. The van der Waals surface area contributed by atoms with Crippen LogP contribution in [0.1, 0.15) is 37.5 Å². The van der Waals surface area contributed by atoms with E-state index in [1.165, 1.54) is 16.7 Å². The molecular weight excluding hydrogens is 358 g/mol. The van der Waals surface area contributed by atoms with Crippen LogP contribution in [-0.4, -0.2) is 25.3 Å². The van der Waals surface area contributed by atoms with E-state index < -0.39 is 0 Å². The van der Waals surface area contributed by atoms with Gasteiger partial charge in [0.25, 0.3) is 0 Å². The SMILES string of the molecule is C.CC/C(=C(\c1ccc(O)cc1)c1ccc(OCCNC)cc1)c1ccccc1. The zero-order valence-corrected chi connectivity index (χ0v) is 16.5. The van der Waals surface area contributed by atoms with Crippen molar-refractivity contribution in [3.05, 3.63) is 95.6 Å². The molecule has 3 aromatic rings. The Labute approximate surface area is 174 Å². The first-order valence-corrected chi connectivity index (χ1v) is 9.68. The van der Waals surface area contributed by atoms with E-state index in [9.17, 15) is 5.11 Å². The first-order valence-electron chi connectivity index (χ1n) is 9.68. The second-order valence-corrected chi connectivity index (χ2v) is 6.60. The lowest BCUT2D eigenvalue weighted by Gasteiger charge is -2.17. The molecule has 29 heavy (non-hydrogen) atoms. The molecule has 3 rings (SSSR count). The van der Waals surface area contributed by atoms with Crippen molar-refractivity contribution in [1.82, 2.24) is 5.32 Å². The number of aromatic hydroxyl groups is 1. The van der Waals surface area contributed by atoms with Gasteiger partial charge in [-0.1, -0.05) is 68.9 Å². The lowest BCUT2D eigenvalue weighted by atomic mass is 9.88. The average Bonchev–Trinajstić information content (AvgIpc) is 2.74. The summed E-state index contributed by atoms with van der Waals surface area (Å²) in [7, 11) is 1.91. The maximum Gasteiger partial charge on any atom is 0.119 e. The fraction of sp³-hybridized carbons (Fsp3) is 0.231. The van der Waals surface area contributed by atoms with Crippen LogP contribution in [0.5, 0.6) is 11.5 Å². The van der Waals surface area contributed by atoms with E-state index >= 15 is 0 Å². The Hall–Kier alpha value is -3.04. The fourth-order valence-electron chi connectivity index (χ4n) is 3.30. The van der Waals surface area contributed by atoms with Crippen molar-refractivity contribution in [2.75, 3.05) is 20.2 Å². The third-order valence-electron chi connectivity index (χ3n) is 4.70. The molecule has 0 amide bonds. The Morgan fingerprint density at radius 2 is 1.41 bits per heavy atom. The number of phenolic OH excluding ortho intramolecular Hbond substituents is 1. The van der Waals surface area contributed by atoms with Gasteiger partial charge in [0.05, 0.1) is 0 Å². The highest BCUT2D eigenvalue weighted by atomic mass is 16.5. The van der Waals surface area contributed by atoms with Gasteiger partial charge in [0, 0.05) is 6.54 Å². The van der Waals surface area contributed by atoms with E-state index in [1.807, 2.05) is 37.4 Å². The molecule has 0 aliphatic carbocycles. The molecule has 0 radical (unpaired) electrons. The summed E-state index contributed by atoms with van der Waals surface area (Å²) < 4.78 is 5.76. The topological polar surface area (TPSA) is 41.5 Å². The Balaban J connectivity index is 0.00000300. The second-order valence-electron chi connectivity index (χ2n) is 6.60. The number of phenols is 1. The van der Waals surface area contributed by atoms with Crippen LogP contribution in [0.25, 0.3) is 11.1 Å². The van der Waals surface area contributed by atoms with Crippen molar-refractivity contribution in [3.63, 3.8) is 0 Å². The van der Waals surface area contributed by atoms with Crippen molar-refractivity contribution in [2.24, 2.45) is 0 Å². The van der Waals surface area contributed by atoms with Crippen molar-refractivity contribution >= 4 is 11.1 Å². The highest BCUT2D eigenvalue weighted by molar-refractivity contribution is 5.98. The van der Waals surface area contributed by atoms with Gasteiger partial charge in [-0.2, -0.15) is 0 Å². The molecule has 0 heterocycles. The molecule has 0 saturated carbocycles. The van der Waals surface area contributed by atoms with Gasteiger partial charge >= 0.3 is 0 Å². The molecule has 0 aliphatic heterocycles. The van der Waals surface area contributed by atoms with Crippen molar-refractivity contribution < 1.29 is 9.84 Å². The van der Waals surface area contributed by atoms with Gasteiger partial charge in [-0.3, -0.25) is 0 Å². The molecule has 0 bridgehead atoms. The Bertz CT molecular complexity index is 898. The van der Waals surface area contributed by atoms with Gasteiger partial charge in [-0.05, 0) is 65.6 Å². The molecule has 152 valence electrons. The molecule has 3 heteroatoms. The number of hydrogen-bond acceptors (Lipinski definition) is 3. The highest BCUT2D eigenvalue weighted by Gasteiger charge is 2.13. The second kappa shape index (κ2) is 11.1. The molecule has 0 atom stereocenters. The number of hydrogen-bond donors (Lipinski definition) is 2. The summed E-state index contributed by atoms with van der Waals surface area (Å²) in [6.45, 7) is 3.63. The van der Waals surface area contributed by atoms with Crippen molar-refractivity contribution in [3.8, 4) is 11.5 Å². The normalized spacial score (nSPS) is 11.4. The highest BCUT2D eigenvalue weighted by Crippen LogP contribution is 2.35. The van der Waals surface area contributed by atoms with E-state index in [4.69, 9.17) is 4.74 Å². The molecule has 3 aromatic carbocycles. The molecular formula is C26H31NO2. The van der Waals surface area contributed by atoms with Gasteiger partial charge in [-0.15, -0.1) is 0 Å². The Morgan fingerprint density at radius 3 is 1.97 bits per heavy atom. The predicted molar refractivity (Wildman–Crippen MR) is 123 cm³/mol. The van der Waals surface area contributed by atoms with Gasteiger partial charge in [-0.25, -0.2) is 0 Å². The molecule has 3 nitrogen and oxygen atoms in total. The fourth-order valence-corrected chi connectivity index (χ4v) is 3.30. The van der Waals surface area contributed by atoms with E-state index in [1.54, 1.807) is 12.1 Å². The van der Waals surface area contributed by atoms with Crippen molar-refractivity contribution in [1.29, 1.82) is 0 Å². The quantitative estimate of drug-likeness (QED) is 0.367. The zero-order chi connectivity index (χ0) is 19.8. The third kappa shape index (κ3) is 5.72. The summed E-state index contributed by atoms with van der Waals surface area (Å²) >= 11 is 0. The molecule has 0 saturated heterocycles. The standard InChI is InChI=1S/C25H27NO2.CH4/c1-3-24(19-7-5-4-6-8-19)25(20-9-13-22(27)14-10-20)21-11-15-23(16-12-21)28-18-17-26-2;/h4-16,26-27H,3,17-18H2,1-2H3;1H4/b25-24-;. The average molecular weight is 390 g/mol. The minimum absolute atomic E-state index is 0. The van der Waals surface area contributed by atoms with Crippen LogP contribution < -0.4 is 10.1 Å². The molecule has 0 unspecified atom stereocenters. The van der Waals surface area contributed by atoms with E-state index in [0.29, 0.717) is 6.61 Å². The number of allylic oxidation sites excluding steroid dienone is 1. The summed E-state index contributed by atoms with van der Waals surface area (Å²) in [6.07, 6.45) is 0.903. The Morgan fingerprint density at radius 1 is 0.828 bits per heavy atom. The molecule has 0 spiro atoms. The van der Waals surface area contributed by atoms with Gasteiger partial charge in [0.2, 0.25) is 0 Å².